The number of aryl methyl sites for hydroxylation is 1. The van der Waals surface area contributed by atoms with Crippen LogP contribution in [0.15, 0.2) is 24.3 Å². The molecule has 3 nitrogen and oxygen atoms in total. The van der Waals surface area contributed by atoms with Gasteiger partial charge in [0.05, 0.1) is 6.61 Å². The second-order valence-corrected chi connectivity index (χ2v) is 3.99. The number of ketones is 1. The van der Waals surface area contributed by atoms with Crippen LogP contribution in [-0.4, -0.2) is 17.6 Å². The minimum absolute atomic E-state index is 0.0535. The first kappa shape index (κ1) is 13.6. The molecule has 0 aliphatic carbocycles. The van der Waals surface area contributed by atoms with Crippen LogP contribution in [0.3, 0.4) is 0 Å². The molecule has 0 saturated heterocycles. The van der Waals surface area contributed by atoms with E-state index < -0.39 is 0 Å². The molecule has 92 valence electrons. The van der Waals surface area contributed by atoms with Crippen LogP contribution >= 0.6 is 12.2 Å². The van der Waals surface area contributed by atoms with Gasteiger partial charge >= 0.3 is 5.24 Å². The number of carbonyl (C=O) groups is 1. The average molecular weight is 252 g/mol. The minimum Gasteiger partial charge on any atom is -0.456 e. The molecule has 4 heteroatoms. The summed E-state index contributed by atoms with van der Waals surface area (Å²) >= 11 is 4.90. The molecule has 0 spiro atoms. The van der Waals surface area contributed by atoms with Crippen molar-refractivity contribution >= 4 is 23.2 Å². The van der Waals surface area contributed by atoms with E-state index in [2.05, 4.69) is 0 Å². The fourth-order valence-electron chi connectivity index (χ4n) is 1.16. The van der Waals surface area contributed by atoms with Crippen molar-refractivity contribution in [2.45, 2.75) is 26.7 Å². The lowest BCUT2D eigenvalue weighted by atomic mass is 10.2. The van der Waals surface area contributed by atoms with E-state index in [1.807, 2.05) is 38.1 Å². The Morgan fingerprint density at radius 3 is 2.53 bits per heavy atom. The standard InChI is InChI=1S/C13H16O3S/c1-3-11(14)8-9-15-13(17)16-12-6-4-10(2)5-7-12/h4-7H,3,8-9H2,1-2H3. The summed E-state index contributed by atoms with van der Waals surface area (Å²) in [6.07, 6.45) is 0.892. The van der Waals surface area contributed by atoms with Crippen molar-refractivity contribution in [3.63, 3.8) is 0 Å². The van der Waals surface area contributed by atoms with Gasteiger partial charge in [-0.15, -0.1) is 0 Å². The SMILES string of the molecule is CCC(=O)CCOC(=S)Oc1ccc(C)cc1. The molecule has 0 aliphatic heterocycles. The van der Waals surface area contributed by atoms with Crippen molar-refractivity contribution in [3.8, 4) is 5.75 Å². The molecular weight excluding hydrogens is 236 g/mol. The second-order valence-electron chi connectivity index (χ2n) is 3.66. The average Bonchev–Trinajstić information content (AvgIpc) is 2.32. The van der Waals surface area contributed by atoms with Crippen LogP contribution in [0.5, 0.6) is 5.75 Å². The number of hydrogen-bond acceptors (Lipinski definition) is 4. The molecule has 0 amide bonds. The van der Waals surface area contributed by atoms with Gasteiger partial charge in [0, 0.05) is 25.1 Å². The number of ether oxygens (including phenoxy) is 2. The van der Waals surface area contributed by atoms with E-state index in [0.29, 0.717) is 18.6 Å². The Bertz CT molecular complexity index is 384. The van der Waals surface area contributed by atoms with Crippen LogP contribution in [0.1, 0.15) is 25.3 Å². The first-order valence-corrected chi connectivity index (χ1v) is 5.95. The van der Waals surface area contributed by atoms with Crippen molar-refractivity contribution in [3.05, 3.63) is 29.8 Å². The van der Waals surface area contributed by atoms with Gasteiger partial charge in [0.15, 0.2) is 0 Å². The predicted molar refractivity (Wildman–Crippen MR) is 70.3 cm³/mol. The summed E-state index contributed by atoms with van der Waals surface area (Å²) in [7, 11) is 0. The zero-order chi connectivity index (χ0) is 12.7. The van der Waals surface area contributed by atoms with E-state index in [9.17, 15) is 4.79 Å². The van der Waals surface area contributed by atoms with Crippen molar-refractivity contribution < 1.29 is 14.3 Å². The Morgan fingerprint density at radius 2 is 1.94 bits per heavy atom. The summed E-state index contributed by atoms with van der Waals surface area (Å²) in [6, 6.07) is 7.50. The van der Waals surface area contributed by atoms with Crippen LogP contribution in [0, 0.1) is 6.92 Å². The lowest BCUT2D eigenvalue weighted by Crippen LogP contribution is -2.13. The molecule has 1 aromatic rings. The molecule has 0 heterocycles. The molecule has 0 fully saturated rings. The zero-order valence-electron chi connectivity index (χ0n) is 10.1. The van der Waals surface area contributed by atoms with Crippen LogP contribution in [0.4, 0.5) is 0 Å². The molecule has 1 rings (SSSR count). The van der Waals surface area contributed by atoms with Crippen molar-refractivity contribution in [2.75, 3.05) is 6.61 Å². The highest BCUT2D eigenvalue weighted by molar-refractivity contribution is 7.79. The second kappa shape index (κ2) is 7.01. The molecule has 0 atom stereocenters. The summed E-state index contributed by atoms with van der Waals surface area (Å²) in [5, 5.41) is 0.0535. The molecule has 0 aliphatic rings. The monoisotopic (exact) mass is 252 g/mol. The summed E-state index contributed by atoms with van der Waals surface area (Å²) in [6.45, 7) is 4.09. The van der Waals surface area contributed by atoms with Crippen molar-refractivity contribution in [1.29, 1.82) is 0 Å². The third-order valence-corrected chi connectivity index (χ3v) is 2.42. The molecule has 17 heavy (non-hydrogen) atoms. The van der Waals surface area contributed by atoms with Gasteiger partial charge < -0.3 is 9.47 Å². The largest absolute Gasteiger partial charge is 0.456 e. The van der Waals surface area contributed by atoms with E-state index in [-0.39, 0.29) is 17.6 Å². The van der Waals surface area contributed by atoms with E-state index in [1.54, 1.807) is 0 Å². The minimum atomic E-state index is 0.0535. The Morgan fingerprint density at radius 1 is 1.29 bits per heavy atom. The molecule has 0 unspecified atom stereocenters. The van der Waals surface area contributed by atoms with Gasteiger partial charge in [-0.1, -0.05) is 24.6 Å². The highest BCUT2D eigenvalue weighted by Gasteiger charge is 2.03. The Hall–Kier alpha value is -1.42. The van der Waals surface area contributed by atoms with Gasteiger partial charge in [-0.05, 0) is 19.1 Å². The normalized spacial score (nSPS) is 9.76. The number of rotatable bonds is 5. The molecule has 0 radical (unpaired) electrons. The van der Waals surface area contributed by atoms with E-state index in [1.165, 1.54) is 0 Å². The smallest absolute Gasteiger partial charge is 0.357 e. The van der Waals surface area contributed by atoms with Crippen LogP contribution in [-0.2, 0) is 9.53 Å². The lowest BCUT2D eigenvalue weighted by molar-refractivity contribution is -0.119. The first-order chi connectivity index (χ1) is 8.11. The predicted octanol–water partition coefficient (Wildman–Crippen LogP) is 3.04. The third-order valence-electron chi connectivity index (χ3n) is 2.22. The molecule has 0 saturated carbocycles. The van der Waals surface area contributed by atoms with Crippen molar-refractivity contribution in [2.24, 2.45) is 0 Å². The zero-order valence-corrected chi connectivity index (χ0v) is 10.9. The van der Waals surface area contributed by atoms with Crippen LogP contribution in [0.2, 0.25) is 0 Å². The Kier molecular flexibility index (Phi) is 5.63. The summed E-state index contributed by atoms with van der Waals surface area (Å²) in [4.78, 5) is 11.0. The third kappa shape index (κ3) is 5.45. The highest BCUT2D eigenvalue weighted by Crippen LogP contribution is 2.12. The summed E-state index contributed by atoms with van der Waals surface area (Å²) in [5.41, 5.74) is 1.15. The molecule has 1 aromatic carbocycles. The van der Waals surface area contributed by atoms with E-state index in [4.69, 9.17) is 21.7 Å². The van der Waals surface area contributed by atoms with Gasteiger partial charge in [-0.3, -0.25) is 4.79 Å². The maximum atomic E-state index is 11.0. The number of carbonyl (C=O) groups excluding carboxylic acids is 1. The van der Waals surface area contributed by atoms with Crippen molar-refractivity contribution in [1.82, 2.24) is 0 Å². The maximum Gasteiger partial charge on any atom is 0.357 e. The number of thiocarbonyl (C=S) groups is 1. The van der Waals surface area contributed by atoms with Crippen LogP contribution in [0.25, 0.3) is 0 Å². The fourth-order valence-corrected chi connectivity index (χ4v) is 1.34. The lowest BCUT2D eigenvalue weighted by Gasteiger charge is -2.08. The maximum absolute atomic E-state index is 11.0. The molecule has 0 bridgehead atoms. The topological polar surface area (TPSA) is 35.5 Å². The van der Waals surface area contributed by atoms with Gasteiger partial charge in [0.1, 0.15) is 11.5 Å². The Balaban J connectivity index is 2.30. The molecule has 0 aromatic heterocycles. The van der Waals surface area contributed by atoms with Crippen LogP contribution < -0.4 is 4.74 Å². The number of Topliss-reactive ketones (excluding diaryl/α,β-unsaturated/α-hetero) is 1. The summed E-state index contributed by atoms with van der Waals surface area (Å²) < 4.78 is 10.4. The van der Waals surface area contributed by atoms with Gasteiger partial charge in [-0.2, -0.15) is 0 Å². The first-order valence-electron chi connectivity index (χ1n) is 5.54. The van der Waals surface area contributed by atoms with Gasteiger partial charge in [0.2, 0.25) is 0 Å². The quantitative estimate of drug-likeness (QED) is 0.755. The number of hydrogen-bond donors (Lipinski definition) is 0. The van der Waals surface area contributed by atoms with E-state index >= 15 is 0 Å². The highest BCUT2D eigenvalue weighted by atomic mass is 32.1. The Labute approximate surface area is 107 Å². The fraction of sp³-hybridized carbons (Fsp3) is 0.385. The summed E-state index contributed by atoms with van der Waals surface area (Å²) in [5.74, 6) is 0.797. The van der Waals surface area contributed by atoms with Gasteiger partial charge in [0.25, 0.3) is 0 Å². The van der Waals surface area contributed by atoms with E-state index in [0.717, 1.165) is 5.56 Å². The molecule has 0 N–H and O–H groups in total. The number of benzene rings is 1. The molecular formula is C13H16O3S. The van der Waals surface area contributed by atoms with Gasteiger partial charge in [-0.25, -0.2) is 0 Å².